The molecule has 2 aromatic rings. The smallest absolute Gasteiger partial charge is 0.242 e. The first kappa shape index (κ1) is 20.6. The molecule has 0 unspecified atom stereocenters. The van der Waals surface area contributed by atoms with Crippen LogP contribution in [0.5, 0.6) is 0 Å². The minimum absolute atomic E-state index is 0.215. The van der Waals surface area contributed by atoms with Gasteiger partial charge in [-0.1, -0.05) is 30.3 Å². The summed E-state index contributed by atoms with van der Waals surface area (Å²) in [6.45, 7) is 8.86. The summed E-state index contributed by atoms with van der Waals surface area (Å²) < 4.78 is 0. The standard InChI is InChI=1S/C27H35N3O/c1-19-5-3-6-22(20(19)2)18-30(24-11-12-24)27(31)15-28-26-8-4-7-23-17-29(14-13-25(23)26)16-21-9-10-21/h3-8,21,24,28H,9-18H2,1-2H3. The number of rotatable bonds is 8. The van der Waals surface area contributed by atoms with E-state index in [0.29, 0.717) is 12.6 Å². The molecule has 0 atom stereocenters. The first-order valence-electron chi connectivity index (χ1n) is 12.0. The largest absolute Gasteiger partial charge is 0.376 e. The fourth-order valence-electron chi connectivity index (χ4n) is 4.90. The number of carbonyl (C=O) groups is 1. The third-order valence-corrected chi connectivity index (χ3v) is 7.35. The van der Waals surface area contributed by atoms with Crippen molar-refractivity contribution in [2.45, 2.75) is 65.1 Å². The topological polar surface area (TPSA) is 35.6 Å². The van der Waals surface area contributed by atoms with Crippen LogP contribution in [0.15, 0.2) is 36.4 Å². The van der Waals surface area contributed by atoms with Crippen molar-refractivity contribution in [3.8, 4) is 0 Å². The highest BCUT2D eigenvalue weighted by atomic mass is 16.2. The Morgan fingerprint density at radius 3 is 2.68 bits per heavy atom. The molecule has 1 amide bonds. The van der Waals surface area contributed by atoms with Gasteiger partial charge in [-0.25, -0.2) is 0 Å². The van der Waals surface area contributed by atoms with Gasteiger partial charge in [-0.2, -0.15) is 0 Å². The Kier molecular flexibility index (Phi) is 5.75. The van der Waals surface area contributed by atoms with Gasteiger partial charge in [0.05, 0.1) is 6.54 Å². The van der Waals surface area contributed by atoms with Crippen LogP contribution in [0.25, 0.3) is 0 Å². The zero-order chi connectivity index (χ0) is 21.4. The summed E-state index contributed by atoms with van der Waals surface area (Å²) in [5.74, 6) is 1.15. The van der Waals surface area contributed by atoms with E-state index in [-0.39, 0.29) is 5.91 Å². The molecule has 2 aliphatic carbocycles. The van der Waals surface area contributed by atoms with E-state index < -0.39 is 0 Å². The van der Waals surface area contributed by atoms with Gasteiger partial charge in [0.25, 0.3) is 0 Å². The molecule has 2 saturated carbocycles. The van der Waals surface area contributed by atoms with Crippen LogP contribution >= 0.6 is 0 Å². The Balaban J connectivity index is 1.24. The van der Waals surface area contributed by atoms with Crippen LogP contribution in [0.2, 0.25) is 0 Å². The van der Waals surface area contributed by atoms with E-state index in [1.807, 2.05) is 0 Å². The second-order valence-electron chi connectivity index (χ2n) is 9.84. The second-order valence-corrected chi connectivity index (χ2v) is 9.84. The second kappa shape index (κ2) is 8.66. The van der Waals surface area contributed by atoms with Gasteiger partial charge in [0.15, 0.2) is 0 Å². The summed E-state index contributed by atoms with van der Waals surface area (Å²) in [5.41, 5.74) is 7.87. The van der Waals surface area contributed by atoms with Crippen molar-refractivity contribution < 1.29 is 4.79 Å². The number of hydrogen-bond acceptors (Lipinski definition) is 3. The number of carbonyl (C=O) groups excluding carboxylic acids is 1. The fourth-order valence-corrected chi connectivity index (χ4v) is 4.90. The van der Waals surface area contributed by atoms with Crippen LogP contribution < -0.4 is 5.32 Å². The van der Waals surface area contributed by atoms with Crippen LogP contribution in [0.4, 0.5) is 5.69 Å². The summed E-state index contributed by atoms with van der Waals surface area (Å²) in [6, 6.07) is 13.4. The van der Waals surface area contributed by atoms with Crippen molar-refractivity contribution in [3.63, 3.8) is 0 Å². The van der Waals surface area contributed by atoms with E-state index in [0.717, 1.165) is 50.5 Å². The van der Waals surface area contributed by atoms with E-state index in [9.17, 15) is 4.79 Å². The molecule has 4 nitrogen and oxygen atoms in total. The number of aryl methyl sites for hydroxylation is 1. The first-order valence-corrected chi connectivity index (χ1v) is 12.0. The highest BCUT2D eigenvalue weighted by molar-refractivity contribution is 5.82. The van der Waals surface area contributed by atoms with Crippen molar-refractivity contribution in [2.24, 2.45) is 5.92 Å². The summed E-state index contributed by atoms with van der Waals surface area (Å²) in [6.07, 6.45) is 6.16. The summed E-state index contributed by atoms with van der Waals surface area (Å²) in [7, 11) is 0. The van der Waals surface area contributed by atoms with Crippen LogP contribution in [0, 0.1) is 19.8 Å². The van der Waals surface area contributed by atoms with Gasteiger partial charge >= 0.3 is 0 Å². The molecule has 0 bridgehead atoms. The number of anilines is 1. The predicted molar refractivity (Wildman–Crippen MR) is 126 cm³/mol. The molecule has 1 aliphatic heterocycles. The minimum atomic E-state index is 0.215. The summed E-state index contributed by atoms with van der Waals surface area (Å²) in [5, 5.41) is 3.51. The van der Waals surface area contributed by atoms with Crippen molar-refractivity contribution in [1.29, 1.82) is 0 Å². The number of hydrogen-bond donors (Lipinski definition) is 1. The number of fused-ring (bicyclic) bond motifs is 1. The Morgan fingerprint density at radius 1 is 1.10 bits per heavy atom. The van der Waals surface area contributed by atoms with Crippen LogP contribution in [-0.4, -0.2) is 41.4 Å². The van der Waals surface area contributed by atoms with Crippen molar-refractivity contribution >= 4 is 11.6 Å². The van der Waals surface area contributed by atoms with Crippen molar-refractivity contribution in [1.82, 2.24) is 9.80 Å². The summed E-state index contributed by atoms with van der Waals surface area (Å²) in [4.78, 5) is 17.9. The predicted octanol–water partition coefficient (Wildman–Crippen LogP) is 4.67. The molecule has 0 spiro atoms. The lowest BCUT2D eigenvalue weighted by atomic mass is 9.97. The third kappa shape index (κ3) is 4.79. The van der Waals surface area contributed by atoms with Gasteiger partial charge in [-0.3, -0.25) is 9.69 Å². The Hall–Kier alpha value is -2.33. The summed E-state index contributed by atoms with van der Waals surface area (Å²) >= 11 is 0. The molecule has 2 aromatic carbocycles. The molecule has 0 radical (unpaired) electrons. The maximum Gasteiger partial charge on any atom is 0.242 e. The average Bonchev–Trinajstić information content (AvgIpc) is 3.68. The normalized spacial score (nSPS) is 18.5. The Labute approximate surface area is 186 Å². The SMILES string of the molecule is Cc1cccc(CN(C(=O)CNc2cccc3c2CCN(CC2CC2)C3)C2CC2)c1C. The lowest BCUT2D eigenvalue weighted by Crippen LogP contribution is -2.37. The number of nitrogens with zero attached hydrogens (tertiary/aromatic N) is 2. The van der Waals surface area contributed by atoms with Gasteiger partial charge in [-0.05, 0) is 85.8 Å². The highest BCUT2D eigenvalue weighted by Crippen LogP contribution is 2.33. The molecule has 2 fully saturated rings. The maximum atomic E-state index is 13.2. The molecular formula is C27H35N3O. The highest BCUT2D eigenvalue weighted by Gasteiger charge is 2.33. The van der Waals surface area contributed by atoms with E-state index in [2.05, 4.69) is 65.4 Å². The lowest BCUT2D eigenvalue weighted by Gasteiger charge is -2.30. The monoisotopic (exact) mass is 417 g/mol. The maximum absolute atomic E-state index is 13.2. The molecule has 1 heterocycles. The van der Waals surface area contributed by atoms with Crippen LogP contribution in [0.1, 0.15) is 53.5 Å². The lowest BCUT2D eigenvalue weighted by molar-refractivity contribution is -0.130. The minimum Gasteiger partial charge on any atom is -0.376 e. The van der Waals surface area contributed by atoms with Gasteiger partial charge in [0.2, 0.25) is 5.91 Å². The first-order chi connectivity index (χ1) is 15.1. The zero-order valence-corrected chi connectivity index (χ0v) is 19.0. The molecule has 164 valence electrons. The Morgan fingerprint density at radius 2 is 1.90 bits per heavy atom. The number of amides is 1. The number of nitrogens with one attached hydrogen (secondary N) is 1. The molecule has 4 heteroatoms. The van der Waals surface area contributed by atoms with Gasteiger partial charge in [0, 0.05) is 37.9 Å². The van der Waals surface area contributed by atoms with E-state index in [4.69, 9.17) is 0 Å². The van der Waals surface area contributed by atoms with Gasteiger partial charge in [0.1, 0.15) is 0 Å². The third-order valence-electron chi connectivity index (χ3n) is 7.35. The number of benzene rings is 2. The van der Waals surface area contributed by atoms with Crippen LogP contribution in [0.3, 0.4) is 0 Å². The molecular weight excluding hydrogens is 382 g/mol. The molecule has 0 aromatic heterocycles. The van der Waals surface area contributed by atoms with Gasteiger partial charge < -0.3 is 10.2 Å². The van der Waals surface area contributed by atoms with Crippen molar-refractivity contribution in [2.75, 3.05) is 25.0 Å². The molecule has 31 heavy (non-hydrogen) atoms. The average molecular weight is 418 g/mol. The molecule has 5 rings (SSSR count). The fraction of sp³-hybridized carbons (Fsp3) is 0.519. The zero-order valence-electron chi connectivity index (χ0n) is 19.0. The Bertz CT molecular complexity index is 961. The quantitative estimate of drug-likeness (QED) is 0.678. The van der Waals surface area contributed by atoms with E-state index in [1.54, 1.807) is 0 Å². The molecule has 3 aliphatic rings. The van der Waals surface area contributed by atoms with Gasteiger partial charge in [-0.15, -0.1) is 0 Å². The van der Waals surface area contributed by atoms with Crippen molar-refractivity contribution in [3.05, 3.63) is 64.2 Å². The van der Waals surface area contributed by atoms with E-state index >= 15 is 0 Å². The van der Waals surface area contributed by atoms with Crippen LogP contribution in [-0.2, 0) is 24.3 Å². The molecule has 1 N–H and O–H groups in total. The van der Waals surface area contributed by atoms with E-state index in [1.165, 1.54) is 47.2 Å². The molecule has 0 saturated heterocycles.